The van der Waals surface area contributed by atoms with Crippen LogP contribution in [0.5, 0.6) is 0 Å². The van der Waals surface area contributed by atoms with Crippen molar-refractivity contribution in [2.45, 2.75) is 39.0 Å². The molecule has 0 aromatic heterocycles. The van der Waals surface area contributed by atoms with Gasteiger partial charge in [0.15, 0.2) is 6.29 Å². The Morgan fingerprint density at radius 1 is 1.31 bits per heavy atom. The number of hydrogen-bond acceptors (Lipinski definition) is 4. The third kappa shape index (κ3) is 4.78. The van der Waals surface area contributed by atoms with Crippen LogP contribution in [0, 0.1) is 0 Å². The SMILES string of the molecule is CCOC(CCN1CCC(NC)C1)OCC. The highest BCUT2D eigenvalue weighted by atomic mass is 16.7. The minimum atomic E-state index is -0.0244. The fraction of sp³-hybridized carbons (Fsp3) is 1.00. The molecule has 1 saturated heterocycles. The third-order valence-electron chi connectivity index (χ3n) is 3.07. The minimum absolute atomic E-state index is 0.0244. The molecule has 4 nitrogen and oxygen atoms in total. The summed E-state index contributed by atoms with van der Waals surface area (Å²) in [7, 11) is 2.04. The van der Waals surface area contributed by atoms with E-state index in [0.717, 1.165) is 32.7 Å². The molecule has 0 spiro atoms. The summed E-state index contributed by atoms with van der Waals surface area (Å²) in [6, 6.07) is 0.664. The van der Waals surface area contributed by atoms with Gasteiger partial charge in [-0.2, -0.15) is 0 Å². The Balaban J connectivity index is 2.16. The second-order valence-electron chi connectivity index (χ2n) is 4.20. The lowest BCUT2D eigenvalue weighted by molar-refractivity contribution is -0.141. The second kappa shape index (κ2) is 8.01. The van der Waals surface area contributed by atoms with Crippen molar-refractivity contribution >= 4 is 0 Å². The Hall–Kier alpha value is -0.160. The molecule has 0 saturated carbocycles. The van der Waals surface area contributed by atoms with Gasteiger partial charge in [-0.1, -0.05) is 0 Å². The summed E-state index contributed by atoms with van der Waals surface area (Å²) in [4.78, 5) is 2.48. The number of nitrogens with zero attached hydrogens (tertiary/aromatic N) is 1. The van der Waals surface area contributed by atoms with E-state index >= 15 is 0 Å². The van der Waals surface area contributed by atoms with E-state index in [-0.39, 0.29) is 6.29 Å². The molecule has 1 aliphatic heterocycles. The zero-order chi connectivity index (χ0) is 11.8. The molecule has 0 aliphatic carbocycles. The molecule has 96 valence electrons. The van der Waals surface area contributed by atoms with E-state index in [9.17, 15) is 0 Å². The summed E-state index contributed by atoms with van der Waals surface area (Å²) in [5.74, 6) is 0. The fourth-order valence-electron chi connectivity index (χ4n) is 2.15. The molecule has 1 unspecified atom stereocenters. The molecule has 1 aliphatic rings. The van der Waals surface area contributed by atoms with Gasteiger partial charge in [0, 0.05) is 38.8 Å². The van der Waals surface area contributed by atoms with E-state index in [1.165, 1.54) is 13.0 Å². The first-order valence-corrected chi connectivity index (χ1v) is 6.43. The largest absolute Gasteiger partial charge is 0.353 e. The summed E-state index contributed by atoms with van der Waals surface area (Å²) in [6.45, 7) is 8.90. The van der Waals surface area contributed by atoms with Gasteiger partial charge in [0.1, 0.15) is 0 Å². The fourth-order valence-corrected chi connectivity index (χ4v) is 2.15. The quantitative estimate of drug-likeness (QED) is 0.632. The number of ether oxygens (including phenoxy) is 2. The molecular formula is C12H26N2O2. The highest BCUT2D eigenvalue weighted by Gasteiger charge is 2.21. The number of nitrogens with one attached hydrogen (secondary N) is 1. The van der Waals surface area contributed by atoms with Crippen LogP contribution in [0.3, 0.4) is 0 Å². The van der Waals surface area contributed by atoms with E-state index in [4.69, 9.17) is 9.47 Å². The van der Waals surface area contributed by atoms with Crippen LogP contribution in [0.25, 0.3) is 0 Å². The molecule has 0 radical (unpaired) electrons. The maximum absolute atomic E-state index is 5.53. The van der Waals surface area contributed by atoms with Crippen LogP contribution in [-0.2, 0) is 9.47 Å². The molecule has 1 fully saturated rings. The van der Waals surface area contributed by atoms with Crippen LogP contribution >= 0.6 is 0 Å². The first-order valence-electron chi connectivity index (χ1n) is 6.43. The van der Waals surface area contributed by atoms with Crippen LogP contribution in [0.1, 0.15) is 26.7 Å². The lowest BCUT2D eigenvalue weighted by atomic mass is 10.3. The molecule has 1 heterocycles. The standard InChI is InChI=1S/C12H26N2O2/c1-4-15-12(16-5-2)7-9-14-8-6-11(10-14)13-3/h11-13H,4-10H2,1-3H3. The van der Waals surface area contributed by atoms with Gasteiger partial charge in [0.25, 0.3) is 0 Å². The molecule has 0 amide bonds. The highest BCUT2D eigenvalue weighted by molar-refractivity contribution is 4.79. The van der Waals surface area contributed by atoms with Crippen molar-refractivity contribution in [2.75, 3.05) is 39.9 Å². The number of likely N-dealkylation sites (tertiary alicyclic amines) is 1. The highest BCUT2D eigenvalue weighted by Crippen LogP contribution is 2.11. The molecule has 1 N–H and O–H groups in total. The Kier molecular flexibility index (Phi) is 6.96. The van der Waals surface area contributed by atoms with Gasteiger partial charge in [0.2, 0.25) is 0 Å². The van der Waals surface area contributed by atoms with Crippen molar-refractivity contribution in [3.05, 3.63) is 0 Å². The summed E-state index contributed by atoms with van der Waals surface area (Å²) < 4.78 is 11.1. The Morgan fingerprint density at radius 3 is 2.50 bits per heavy atom. The first kappa shape index (κ1) is 13.9. The van der Waals surface area contributed by atoms with E-state index in [2.05, 4.69) is 10.2 Å². The van der Waals surface area contributed by atoms with E-state index in [0.29, 0.717) is 6.04 Å². The molecule has 4 heteroatoms. The van der Waals surface area contributed by atoms with Crippen molar-refractivity contribution in [3.63, 3.8) is 0 Å². The number of likely N-dealkylation sites (N-methyl/N-ethyl adjacent to an activating group) is 1. The van der Waals surface area contributed by atoms with Crippen molar-refractivity contribution in [3.8, 4) is 0 Å². The molecule has 1 rings (SSSR count). The average molecular weight is 230 g/mol. The Bertz CT molecular complexity index is 172. The number of rotatable bonds is 8. The van der Waals surface area contributed by atoms with Crippen LogP contribution < -0.4 is 5.32 Å². The Labute approximate surface area is 99.3 Å². The van der Waals surface area contributed by atoms with Gasteiger partial charge in [0.05, 0.1) is 0 Å². The molecule has 16 heavy (non-hydrogen) atoms. The predicted molar refractivity (Wildman–Crippen MR) is 65.6 cm³/mol. The van der Waals surface area contributed by atoms with Crippen LogP contribution in [0.15, 0.2) is 0 Å². The topological polar surface area (TPSA) is 33.7 Å². The van der Waals surface area contributed by atoms with Crippen LogP contribution in [0.2, 0.25) is 0 Å². The molecule has 0 aromatic carbocycles. The molecular weight excluding hydrogens is 204 g/mol. The monoisotopic (exact) mass is 230 g/mol. The van der Waals surface area contributed by atoms with Crippen LogP contribution in [0.4, 0.5) is 0 Å². The maximum atomic E-state index is 5.53. The van der Waals surface area contributed by atoms with E-state index < -0.39 is 0 Å². The molecule has 1 atom stereocenters. The summed E-state index contributed by atoms with van der Waals surface area (Å²) >= 11 is 0. The third-order valence-corrected chi connectivity index (χ3v) is 3.07. The molecule has 0 aromatic rings. The smallest absolute Gasteiger partial charge is 0.158 e. The zero-order valence-corrected chi connectivity index (χ0v) is 10.9. The minimum Gasteiger partial charge on any atom is -0.353 e. The summed E-state index contributed by atoms with van der Waals surface area (Å²) in [5, 5.41) is 3.33. The maximum Gasteiger partial charge on any atom is 0.158 e. The second-order valence-corrected chi connectivity index (χ2v) is 4.20. The van der Waals surface area contributed by atoms with Gasteiger partial charge < -0.3 is 19.7 Å². The van der Waals surface area contributed by atoms with Crippen molar-refractivity contribution in [1.82, 2.24) is 10.2 Å². The zero-order valence-electron chi connectivity index (χ0n) is 10.9. The van der Waals surface area contributed by atoms with Crippen LogP contribution in [-0.4, -0.2) is 57.1 Å². The van der Waals surface area contributed by atoms with Crippen molar-refractivity contribution in [1.29, 1.82) is 0 Å². The Morgan fingerprint density at radius 2 is 2.00 bits per heavy atom. The summed E-state index contributed by atoms with van der Waals surface area (Å²) in [5.41, 5.74) is 0. The summed E-state index contributed by atoms with van der Waals surface area (Å²) in [6.07, 6.45) is 2.20. The van der Waals surface area contributed by atoms with E-state index in [1.54, 1.807) is 0 Å². The van der Waals surface area contributed by atoms with Gasteiger partial charge in [-0.15, -0.1) is 0 Å². The van der Waals surface area contributed by atoms with Gasteiger partial charge in [-0.3, -0.25) is 0 Å². The lowest BCUT2D eigenvalue weighted by Crippen LogP contribution is -2.32. The van der Waals surface area contributed by atoms with Gasteiger partial charge in [-0.25, -0.2) is 0 Å². The first-order chi connectivity index (χ1) is 7.80. The normalized spacial score (nSPS) is 22.1. The van der Waals surface area contributed by atoms with Crippen molar-refractivity contribution in [2.24, 2.45) is 0 Å². The van der Waals surface area contributed by atoms with Crippen molar-refractivity contribution < 1.29 is 9.47 Å². The van der Waals surface area contributed by atoms with Gasteiger partial charge >= 0.3 is 0 Å². The van der Waals surface area contributed by atoms with E-state index in [1.807, 2.05) is 20.9 Å². The lowest BCUT2D eigenvalue weighted by Gasteiger charge is -2.21. The average Bonchev–Trinajstić information content (AvgIpc) is 2.74. The van der Waals surface area contributed by atoms with Gasteiger partial charge in [-0.05, 0) is 33.9 Å². The molecule has 0 bridgehead atoms. The number of hydrogen-bond donors (Lipinski definition) is 1. The predicted octanol–water partition coefficient (Wildman–Crippen LogP) is 1.07.